The fraction of sp³-hybridized carbons (Fsp3) is 0.455. The van der Waals surface area contributed by atoms with Crippen LogP contribution in [0, 0.1) is 6.92 Å². The van der Waals surface area contributed by atoms with E-state index in [-0.39, 0.29) is 0 Å². The summed E-state index contributed by atoms with van der Waals surface area (Å²) in [6.45, 7) is 3.31. The van der Waals surface area contributed by atoms with Crippen LogP contribution in [0.2, 0.25) is 0 Å². The molecule has 1 aromatic rings. The van der Waals surface area contributed by atoms with Gasteiger partial charge >= 0.3 is 0 Å². The SMILES string of the molecule is Cc1ccc2c(c1)NCC1(CC1)S2. The van der Waals surface area contributed by atoms with E-state index in [0.29, 0.717) is 4.75 Å². The Kier molecular flexibility index (Phi) is 1.46. The van der Waals surface area contributed by atoms with Crippen LogP contribution in [-0.4, -0.2) is 11.3 Å². The second-order valence-corrected chi connectivity index (χ2v) is 5.65. The summed E-state index contributed by atoms with van der Waals surface area (Å²) in [5.74, 6) is 0. The Morgan fingerprint density at radius 2 is 2.23 bits per heavy atom. The molecule has 0 atom stereocenters. The van der Waals surface area contributed by atoms with E-state index in [1.165, 1.54) is 29.0 Å². The highest BCUT2D eigenvalue weighted by Crippen LogP contribution is 2.55. The summed E-state index contributed by atoms with van der Waals surface area (Å²) in [7, 11) is 0. The number of nitrogens with one attached hydrogen (secondary N) is 1. The Morgan fingerprint density at radius 1 is 1.38 bits per heavy atom. The highest BCUT2D eigenvalue weighted by atomic mass is 32.2. The first-order valence-electron chi connectivity index (χ1n) is 4.81. The second kappa shape index (κ2) is 2.44. The molecule has 0 saturated heterocycles. The second-order valence-electron chi connectivity index (χ2n) is 4.14. The van der Waals surface area contributed by atoms with E-state index in [0.717, 1.165) is 6.54 Å². The van der Waals surface area contributed by atoms with Crippen LogP contribution in [0.5, 0.6) is 0 Å². The molecule has 1 aliphatic heterocycles. The highest BCUT2D eigenvalue weighted by molar-refractivity contribution is 8.01. The molecule has 2 aliphatic rings. The van der Waals surface area contributed by atoms with Gasteiger partial charge in [0.25, 0.3) is 0 Å². The molecule has 0 amide bonds. The topological polar surface area (TPSA) is 12.0 Å². The molecule has 0 aromatic heterocycles. The Bertz CT molecular complexity index is 355. The van der Waals surface area contributed by atoms with Crippen LogP contribution in [0.1, 0.15) is 18.4 Å². The maximum Gasteiger partial charge on any atom is 0.0481 e. The molecule has 1 saturated carbocycles. The average molecular weight is 191 g/mol. The van der Waals surface area contributed by atoms with Crippen molar-refractivity contribution < 1.29 is 0 Å². The third-order valence-corrected chi connectivity index (χ3v) is 4.43. The van der Waals surface area contributed by atoms with Gasteiger partial charge in [0.05, 0.1) is 0 Å². The number of hydrogen-bond acceptors (Lipinski definition) is 2. The van der Waals surface area contributed by atoms with E-state index >= 15 is 0 Å². The van der Waals surface area contributed by atoms with Crippen LogP contribution in [0.15, 0.2) is 23.1 Å². The van der Waals surface area contributed by atoms with E-state index in [4.69, 9.17) is 0 Å². The van der Waals surface area contributed by atoms with E-state index in [1.807, 2.05) is 0 Å². The zero-order valence-corrected chi connectivity index (χ0v) is 8.58. The summed E-state index contributed by atoms with van der Waals surface area (Å²) in [6, 6.07) is 6.70. The Balaban J connectivity index is 2.00. The Morgan fingerprint density at radius 3 is 3.00 bits per heavy atom. The molecule has 1 nitrogen and oxygen atoms in total. The standard InChI is InChI=1S/C11H13NS/c1-8-2-3-10-9(6-8)12-7-11(13-10)4-5-11/h2-3,6,12H,4-5,7H2,1H3. The summed E-state index contributed by atoms with van der Waals surface area (Å²) < 4.78 is 0.572. The van der Waals surface area contributed by atoms with E-state index < -0.39 is 0 Å². The van der Waals surface area contributed by atoms with Gasteiger partial charge in [-0.1, -0.05) is 6.07 Å². The number of aryl methyl sites for hydroxylation is 1. The molecule has 1 fully saturated rings. The maximum atomic E-state index is 3.54. The van der Waals surface area contributed by atoms with Gasteiger partial charge in [0.15, 0.2) is 0 Å². The molecule has 1 aromatic carbocycles. The van der Waals surface area contributed by atoms with Crippen LogP contribution < -0.4 is 5.32 Å². The summed E-state index contributed by atoms with van der Waals surface area (Å²) in [4.78, 5) is 1.44. The fourth-order valence-corrected chi connectivity index (χ4v) is 3.11. The molecule has 0 unspecified atom stereocenters. The lowest BCUT2D eigenvalue weighted by molar-refractivity contribution is 0.922. The van der Waals surface area contributed by atoms with Crippen LogP contribution in [0.25, 0.3) is 0 Å². The number of rotatable bonds is 0. The number of hydrogen-bond donors (Lipinski definition) is 1. The van der Waals surface area contributed by atoms with Gasteiger partial charge in [0.1, 0.15) is 0 Å². The van der Waals surface area contributed by atoms with E-state index in [9.17, 15) is 0 Å². The highest BCUT2D eigenvalue weighted by Gasteiger charge is 2.45. The van der Waals surface area contributed by atoms with Gasteiger partial charge < -0.3 is 5.32 Å². The van der Waals surface area contributed by atoms with Crippen LogP contribution in [-0.2, 0) is 0 Å². The van der Waals surface area contributed by atoms with Crippen molar-refractivity contribution in [2.24, 2.45) is 0 Å². The van der Waals surface area contributed by atoms with Gasteiger partial charge in [-0.15, -0.1) is 11.8 Å². The van der Waals surface area contributed by atoms with E-state index in [2.05, 4.69) is 42.2 Å². The summed E-state index contributed by atoms with van der Waals surface area (Å²) in [5, 5.41) is 3.54. The van der Waals surface area contributed by atoms with Gasteiger partial charge in [-0.3, -0.25) is 0 Å². The van der Waals surface area contributed by atoms with Crippen molar-refractivity contribution >= 4 is 17.4 Å². The molecule has 1 spiro atoms. The first-order chi connectivity index (χ1) is 6.27. The maximum absolute atomic E-state index is 3.54. The summed E-state index contributed by atoms with van der Waals surface area (Å²) in [5.41, 5.74) is 2.68. The summed E-state index contributed by atoms with van der Waals surface area (Å²) >= 11 is 2.07. The zero-order valence-electron chi connectivity index (χ0n) is 7.76. The molecule has 1 aliphatic carbocycles. The predicted octanol–water partition coefficient (Wildman–Crippen LogP) is 3.05. The number of fused-ring (bicyclic) bond motifs is 1. The minimum Gasteiger partial charge on any atom is -0.383 e. The Labute approximate surface area is 82.9 Å². The Hall–Kier alpha value is -0.630. The van der Waals surface area contributed by atoms with Crippen molar-refractivity contribution in [3.05, 3.63) is 23.8 Å². The molecule has 13 heavy (non-hydrogen) atoms. The lowest BCUT2D eigenvalue weighted by Gasteiger charge is -2.25. The number of thioether (sulfide) groups is 1. The molecule has 2 heteroatoms. The average Bonchev–Trinajstić information content (AvgIpc) is 2.87. The molecule has 3 rings (SSSR count). The molecule has 1 N–H and O–H groups in total. The van der Waals surface area contributed by atoms with Gasteiger partial charge in [0, 0.05) is 21.9 Å². The minimum atomic E-state index is 0.572. The third-order valence-electron chi connectivity index (χ3n) is 2.87. The zero-order chi connectivity index (χ0) is 8.89. The normalized spacial score (nSPS) is 22.2. The fourth-order valence-electron chi connectivity index (χ4n) is 1.81. The monoisotopic (exact) mass is 191 g/mol. The molecular weight excluding hydrogens is 178 g/mol. The molecule has 0 bridgehead atoms. The molecular formula is C11H13NS. The number of benzene rings is 1. The predicted molar refractivity (Wildman–Crippen MR) is 57.5 cm³/mol. The van der Waals surface area contributed by atoms with Gasteiger partial charge in [-0.25, -0.2) is 0 Å². The van der Waals surface area contributed by atoms with Gasteiger partial charge in [-0.05, 0) is 37.5 Å². The lowest BCUT2D eigenvalue weighted by atomic mass is 10.2. The summed E-state index contributed by atoms with van der Waals surface area (Å²) in [6.07, 6.45) is 2.77. The quantitative estimate of drug-likeness (QED) is 0.676. The molecule has 68 valence electrons. The molecule has 0 radical (unpaired) electrons. The number of anilines is 1. The van der Waals surface area contributed by atoms with Crippen molar-refractivity contribution in [3.63, 3.8) is 0 Å². The van der Waals surface area contributed by atoms with E-state index in [1.54, 1.807) is 0 Å². The van der Waals surface area contributed by atoms with Crippen molar-refractivity contribution in [3.8, 4) is 0 Å². The largest absolute Gasteiger partial charge is 0.383 e. The smallest absolute Gasteiger partial charge is 0.0481 e. The molecule has 1 heterocycles. The lowest BCUT2D eigenvalue weighted by Crippen LogP contribution is -2.22. The minimum absolute atomic E-state index is 0.572. The van der Waals surface area contributed by atoms with Crippen molar-refractivity contribution in [2.45, 2.75) is 29.4 Å². The first kappa shape index (κ1) is 7.74. The third kappa shape index (κ3) is 1.24. The van der Waals surface area contributed by atoms with Crippen LogP contribution in [0.3, 0.4) is 0 Å². The van der Waals surface area contributed by atoms with Gasteiger partial charge in [-0.2, -0.15) is 0 Å². The van der Waals surface area contributed by atoms with Crippen molar-refractivity contribution in [1.29, 1.82) is 0 Å². The van der Waals surface area contributed by atoms with Crippen LogP contribution in [0.4, 0.5) is 5.69 Å². The van der Waals surface area contributed by atoms with Crippen LogP contribution >= 0.6 is 11.8 Å². The first-order valence-corrected chi connectivity index (χ1v) is 5.63. The van der Waals surface area contributed by atoms with Crippen molar-refractivity contribution in [2.75, 3.05) is 11.9 Å². The van der Waals surface area contributed by atoms with Crippen molar-refractivity contribution in [1.82, 2.24) is 0 Å². The van der Waals surface area contributed by atoms with Gasteiger partial charge in [0.2, 0.25) is 0 Å².